The summed E-state index contributed by atoms with van der Waals surface area (Å²) in [7, 11) is 8.84. The van der Waals surface area contributed by atoms with E-state index in [1.165, 1.54) is 10.8 Å². The van der Waals surface area contributed by atoms with Crippen LogP contribution in [0, 0.1) is 7.43 Å². The third-order valence-electron chi connectivity index (χ3n) is 2.05. The van der Waals surface area contributed by atoms with E-state index in [-0.39, 0.29) is 19.8 Å². The number of nitrogens with one attached hydrogen (secondary N) is 1. The average molecular weight is 499 g/mol. The quantitative estimate of drug-likeness (QED) is 0.276. The van der Waals surface area contributed by atoms with Gasteiger partial charge in [0.1, 0.15) is 6.79 Å². The van der Waals surface area contributed by atoms with Gasteiger partial charge in [0, 0.05) is 0 Å². The summed E-state index contributed by atoms with van der Waals surface area (Å²) in [5, 5.41) is 10.9. The average Bonchev–Trinajstić information content (AvgIpc) is 2.83. The van der Waals surface area contributed by atoms with Crippen LogP contribution in [0.25, 0.3) is 16.5 Å². The standard InChI is InChI=1S/C9H7.C4H10N.C4H12O2Si.CH3.CH2.2ClH.Zr/c1-2-5-9-7-3-6-8(9)4-1;1-4(2,3)5;1-7(2,3)6-4-5;;;;;/h1-7H;5H,1-3H3;5H,4H2,1-3H3;1H3;1H2;2*1H;/q2*-1;;-1;;;;+2/p-2. The Labute approximate surface area is 176 Å². The van der Waals surface area contributed by atoms with Crippen LogP contribution in [-0.4, -0.2) is 30.0 Å². The topological polar surface area (TPSA) is 53.3 Å². The van der Waals surface area contributed by atoms with E-state index in [0.29, 0.717) is 0 Å². The van der Waals surface area contributed by atoms with Crippen molar-refractivity contribution < 1.29 is 28.4 Å². The zero-order valence-corrected chi connectivity index (χ0v) is 22.0. The van der Waals surface area contributed by atoms with Gasteiger partial charge in [0.05, 0.1) is 0 Å². The van der Waals surface area contributed by atoms with Crippen molar-refractivity contribution in [3.05, 3.63) is 55.6 Å². The summed E-state index contributed by atoms with van der Waals surface area (Å²) in [6.07, 6.45) is 0. The smallest absolute Gasteiger partial charge is 0.0809 e. The summed E-state index contributed by atoms with van der Waals surface area (Å²) in [6.45, 7) is 11.5. The molecule has 0 radical (unpaired) electrons. The largest absolute Gasteiger partial charge is 0.358 e. The van der Waals surface area contributed by atoms with Crippen LogP contribution < -0.4 is 0 Å². The van der Waals surface area contributed by atoms with E-state index in [0.717, 1.165) is 0 Å². The molecule has 0 saturated heterocycles. The van der Waals surface area contributed by atoms with Crippen LogP contribution in [0.15, 0.2) is 42.5 Å². The van der Waals surface area contributed by atoms with Crippen molar-refractivity contribution >= 4 is 40.3 Å². The molecule has 26 heavy (non-hydrogen) atoms. The van der Waals surface area contributed by atoms with E-state index in [9.17, 15) is 0 Å². The molecule has 0 aliphatic rings. The van der Waals surface area contributed by atoms with Crippen LogP contribution >= 0.6 is 17.0 Å². The first-order valence-corrected chi connectivity index (χ1v) is 19.3. The Morgan fingerprint density at radius 3 is 1.92 bits per heavy atom. The van der Waals surface area contributed by atoms with Crippen molar-refractivity contribution in [3.63, 3.8) is 0 Å². The fraction of sp³-hybridized carbons (Fsp3) is 0.421. The first-order chi connectivity index (χ1) is 11.3. The summed E-state index contributed by atoms with van der Waals surface area (Å²) in [5.41, 5.74) is 6.69. The van der Waals surface area contributed by atoms with Crippen molar-refractivity contribution in [2.24, 2.45) is 0 Å². The number of hydrogen-bond acceptors (Lipinski definition) is 2. The minimum Gasteiger partial charge on any atom is -0.358 e. The molecule has 7 heteroatoms. The molecule has 0 aliphatic heterocycles. The molecule has 0 heterocycles. The molecular weight excluding hydrogens is 464 g/mol. The molecule has 0 unspecified atom stereocenters. The second kappa shape index (κ2) is 16.2. The minimum absolute atomic E-state index is 0. The number of rotatable bonds is 2. The van der Waals surface area contributed by atoms with Crippen LogP contribution in [0.1, 0.15) is 20.8 Å². The maximum absolute atomic E-state index is 8.21. The second-order valence-electron chi connectivity index (χ2n) is 7.13. The predicted octanol–water partition coefficient (Wildman–Crippen LogP) is 6.98. The number of hydrogen-bond donors (Lipinski definition) is 1. The van der Waals surface area contributed by atoms with E-state index in [1.807, 2.05) is 40.4 Å². The summed E-state index contributed by atoms with van der Waals surface area (Å²) in [4.78, 5) is 0. The molecule has 0 saturated carbocycles. The van der Waals surface area contributed by atoms with Gasteiger partial charge in [-0.15, -0.1) is 35.2 Å². The fourth-order valence-corrected chi connectivity index (χ4v) is 1.65. The molecular formula is C19H34Cl2NO2SiZr-3. The van der Waals surface area contributed by atoms with Gasteiger partial charge in [0.2, 0.25) is 0 Å². The molecule has 2 N–H and O–H groups in total. The monoisotopic (exact) mass is 496 g/mol. The molecule has 0 fully saturated rings. The summed E-state index contributed by atoms with van der Waals surface area (Å²) < 4.78 is 8.29. The predicted molar refractivity (Wildman–Crippen MR) is 120 cm³/mol. The Hall–Kier alpha value is 0.260. The maximum atomic E-state index is 8.21. The van der Waals surface area contributed by atoms with Gasteiger partial charge < -0.3 is 22.7 Å². The molecule has 152 valence electrons. The van der Waals surface area contributed by atoms with Crippen LogP contribution in [0.4, 0.5) is 0 Å². The minimum atomic E-state index is -1.85. The second-order valence-corrected chi connectivity index (χ2v) is 19.9. The third kappa shape index (κ3) is 29.0. The molecule has 2 aromatic rings. The van der Waals surface area contributed by atoms with Gasteiger partial charge >= 0.3 is 40.1 Å². The third-order valence-corrected chi connectivity index (χ3v) is 3.04. The SMILES string of the molecule is CC(C)(C)[NH-].C[Si](C)(C)OCO.[CH2]=[Zr]([Cl])[Cl].[CH3-].c1ccc2[cH-]ccc2c1. The van der Waals surface area contributed by atoms with Crippen molar-refractivity contribution in [2.75, 3.05) is 6.79 Å². The molecule has 2 rings (SSSR count). The van der Waals surface area contributed by atoms with E-state index in [1.54, 1.807) is 0 Å². The van der Waals surface area contributed by atoms with Crippen molar-refractivity contribution in [1.29, 1.82) is 0 Å². The Morgan fingerprint density at radius 2 is 1.62 bits per heavy atom. The van der Waals surface area contributed by atoms with E-state index in [4.69, 9.17) is 32.3 Å². The van der Waals surface area contributed by atoms with Gasteiger partial charge in [0.15, 0.2) is 8.32 Å². The van der Waals surface area contributed by atoms with Gasteiger partial charge in [0.25, 0.3) is 0 Å². The molecule has 0 aromatic heterocycles. The van der Waals surface area contributed by atoms with Crippen LogP contribution in [0.2, 0.25) is 19.6 Å². The molecule has 0 bridgehead atoms. The summed E-state index contributed by atoms with van der Waals surface area (Å²) in [6, 6.07) is 14.7. The number of halogens is 2. The summed E-state index contributed by atoms with van der Waals surface area (Å²) >= 11 is -1.85. The first kappa shape index (κ1) is 31.0. The number of fused-ring (bicyclic) bond motifs is 1. The van der Waals surface area contributed by atoms with Gasteiger partial charge in [-0.05, 0) is 19.6 Å². The van der Waals surface area contributed by atoms with Gasteiger partial charge in [-0.25, -0.2) is 0 Å². The first-order valence-electron chi connectivity index (χ1n) is 7.86. The number of aliphatic hydroxyl groups excluding tert-OH is 1. The molecule has 0 spiro atoms. The van der Waals surface area contributed by atoms with Crippen molar-refractivity contribution in [1.82, 2.24) is 0 Å². The molecule has 3 nitrogen and oxygen atoms in total. The Kier molecular flexibility index (Phi) is 19.3. The maximum Gasteiger partial charge on any atom is -0.0809 e. The van der Waals surface area contributed by atoms with Gasteiger partial charge in [-0.1, -0.05) is 26.8 Å². The zero-order chi connectivity index (χ0) is 20.1. The Balaban J connectivity index is -0.000000283. The van der Waals surface area contributed by atoms with E-state index < -0.39 is 27.2 Å². The Bertz CT molecular complexity index is 553. The zero-order valence-electron chi connectivity index (χ0n) is 17.1. The Morgan fingerprint density at radius 1 is 1.19 bits per heavy atom. The number of benzene rings is 1. The van der Waals surface area contributed by atoms with E-state index >= 15 is 0 Å². The van der Waals surface area contributed by atoms with Crippen LogP contribution in [0.3, 0.4) is 0 Å². The molecule has 0 atom stereocenters. The normalized spacial score (nSPS) is 10.1. The fourth-order valence-electron chi connectivity index (χ4n) is 1.26. The van der Waals surface area contributed by atoms with Gasteiger partial charge in [-0.3, -0.25) is 0 Å². The summed E-state index contributed by atoms with van der Waals surface area (Å²) in [5.74, 6) is 0. The van der Waals surface area contributed by atoms with Crippen molar-refractivity contribution in [3.8, 4) is 0 Å². The molecule has 0 amide bonds. The van der Waals surface area contributed by atoms with E-state index in [2.05, 4.69) is 46.7 Å². The van der Waals surface area contributed by atoms with Gasteiger partial charge in [-0.2, -0.15) is 17.5 Å². The molecule has 0 aliphatic carbocycles. The molecule has 2 aromatic carbocycles. The van der Waals surface area contributed by atoms with Crippen LogP contribution in [-0.2, 0) is 23.3 Å². The number of aliphatic hydroxyl groups is 1. The van der Waals surface area contributed by atoms with Crippen molar-refractivity contribution in [2.45, 2.75) is 46.0 Å². The van der Waals surface area contributed by atoms with Crippen LogP contribution in [0.5, 0.6) is 0 Å².